The third-order valence-electron chi connectivity index (χ3n) is 3.93. The largest absolute Gasteiger partial charge is 0.480 e. The summed E-state index contributed by atoms with van der Waals surface area (Å²) >= 11 is 5.89. The highest BCUT2D eigenvalue weighted by Gasteiger charge is 2.43. The zero-order valence-electron chi connectivity index (χ0n) is 11.9. The van der Waals surface area contributed by atoms with Gasteiger partial charge in [-0.1, -0.05) is 23.7 Å². The number of carbonyl (C=O) groups is 2. The van der Waals surface area contributed by atoms with E-state index >= 15 is 0 Å². The minimum Gasteiger partial charge on any atom is -0.480 e. The van der Waals surface area contributed by atoms with Gasteiger partial charge in [0.2, 0.25) is 0 Å². The number of likely N-dealkylation sites (tertiary alicyclic amines) is 1. The van der Waals surface area contributed by atoms with Crippen molar-refractivity contribution in [3.05, 3.63) is 34.9 Å². The summed E-state index contributed by atoms with van der Waals surface area (Å²) in [6, 6.07) is 6.86. The summed E-state index contributed by atoms with van der Waals surface area (Å²) in [6.45, 7) is 2.39. The fourth-order valence-electron chi connectivity index (χ4n) is 2.59. The molecule has 0 aliphatic carbocycles. The highest BCUT2D eigenvalue weighted by Crippen LogP contribution is 2.28. The van der Waals surface area contributed by atoms with Gasteiger partial charge in [-0.15, -0.1) is 0 Å². The molecule has 0 radical (unpaired) electrons. The highest BCUT2D eigenvalue weighted by molar-refractivity contribution is 6.30. The van der Waals surface area contributed by atoms with E-state index in [2.05, 4.69) is 5.32 Å². The molecule has 0 aromatic heterocycles. The summed E-state index contributed by atoms with van der Waals surface area (Å²) in [4.78, 5) is 25.2. The number of carboxylic acids is 1. The second kappa shape index (κ2) is 6.35. The number of aliphatic carboxylic acids is 1. The Morgan fingerprint density at radius 3 is 2.86 bits per heavy atom. The molecule has 1 heterocycles. The second-order valence-corrected chi connectivity index (χ2v) is 5.91. The number of hydrogen-bond donors (Lipinski definition) is 2. The van der Waals surface area contributed by atoms with Crippen LogP contribution < -0.4 is 5.32 Å². The molecule has 0 saturated carbocycles. The fraction of sp³-hybridized carbons (Fsp3) is 0.467. The molecule has 0 spiro atoms. The lowest BCUT2D eigenvalue weighted by Gasteiger charge is -2.41. The first kappa shape index (κ1) is 15.6. The Kier molecular flexibility index (Phi) is 4.73. The van der Waals surface area contributed by atoms with Gasteiger partial charge in [0.05, 0.1) is 0 Å². The van der Waals surface area contributed by atoms with Crippen LogP contribution in [0.5, 0.6) is 0 Å². The van der Waals surface area contributed by atoms with Crippen molar-refractivity contribution < 1.29 is 14.7 Å². The quantitative estimate of drug-likeness (QED) is 0.902. The predicted octanol–water partition coefficient (Wildman–Crippen LogP) is 2.88. The van der Waals surface area contributed by atoms with Crippen LogP contribution in [0.15, 0.2) is 24.3 Å². The number of rotatable bonds is 3. The molecule has 1 aliphatic rings. The number of hydrogen-bond acceptors (Lipinski definition) is 2. The Balaban J connectivity index is 2.03. The fourth-order valence-corrected chi connectivity index (χ4v) is 2.80. The average Bonchev–Trinajstić information content (AvgIpc) is 2.45. The topological polar surface area (TPSA) is 69.6 Å². The van der Waals surface area contributed by atoms with Gasteiger partial charge in [-0.2, -0.15) is 0 Å². The van der Waals surface area contributed by atoms with Crippen molar-refractivity contribution in [1.82, 2.24) is 10.2 Å². The molecule has 5 nitrogen and oxygen atoms in total. The Morgan fingerprint density at radius 1 is 1.43 bits per heavy atom. The van der Waals surface area contributed by atoms with Crippen molar-refractivity contribution in [2.45, 2.75) is 38.3 Å². The van der Waals surface area contributed by atoms with E-state index in [1.165, 1.54) is 4.90 Å². The Morgan fingerprint density at radius 2 is 2.19 bits per heavy atom. The lowest BCUT2D eigenvalue weighted by atomic mass is 9.89. The SMILES string of the molecule is CC1(C(=O)O)CCCCN1C(=O)NCc1cccc(Cl)c1. The monoisotopic (exact) mass is 310 g/mol. The van der Waals surface area contributed by atoms with Gasteiger partial charge in [-0.05, 0) is 43.9 Å². The summed E-state index contributed by atoms with van der Waals surface area (Å²) in [5, 5.41) is 12.8. The van der Waals surface area contributed by atoms with Crippen LogP contribution in [-0.2, 0) is 11.3 Å². The molecule has 2 amide bonds. The van der Waals surface area contributed by atoms with Crippen molar-refractivity contribution in [2.24, 2.45) is 0 Å². The molecule has 2 N–H and O–H groups in total. The van der Waals surface area contributed by atoms with E-state index in [0.29, 0.717) is 24.5 Å². The standard InChI is InChI=1S/C15H19ClN2O3/c1-15(13(19)20)7-2-3-8-18(15)14(21)17-10-11-5-4-6-12(16)9-11/h4-6,9H,2-3,7-8,10H2,1H3,(H,17,21)(H,19,20). The van der Waals surface area contributed by atoms with E-state index in [0.717, 1.165) is 18.4 Å². The van der Waals surface area contributed by atoms with E-state index in [9.17, 15) is 14.7 Å². The maximum atomic E-state index is 12.3. The van der Waals surface area contributed by atoms with E-state index in [1.54, 1.807) is 19.1 Å². The predicted molar refractivity (Wildman–Crippen MR) is 80.3 cm³/mol. The lowest BCUT2D eigenvalue weighted by Crippen LogP contribution is -2.59. The van der Waals surface area contributed by atoms with Crippen LogP contribution in [0.4, 0.5) is 4.79 Å². The number of amides is 2. The van der Waals surface area contributed by atoms with Gasteiger partial charge in [0, 0.05) is 18.1 Å². The third-order valence-corrected chi connectivity index (χ3v) is 4.16. The van der Waals surface area contributed by atoms with Crippen LogP contribution in [0.25, 0.3) is 0 Å². The molecule has 0 bridgehead atoms. The van der Waals surface area contributed by atoms with Gasteiger partial charge in [-0.25, -0.2) is 9.59 Å². The van der Waals surface area contributed by atoms with Crippen LogP contribution in [0.3, 0.4) is 0 Å². The van der Waals surface area contributed by atoms with Gasteiger partial charge in [0.15, 0.2) is 0 Å². The number of carbonyl (C=O) groups excluding carboxylic acids is 1. The molecule has 1 fully saturated rings. The van der Waals surface area contributed by atoms with Crippen molar-refractivity contribution in [3.8, 4) is 0 Å². The zero-order valence-corrected chi connectivity index (χ0v) is 12.7. The zero-order chi connectivity index (χ0) is 15.5. The van der Waals surface area contributed by atoms with Gasteiger partial charge in [-0.3, -0.25) is 0 Å². The van der Waals surface area contributed by atoms with Crippen LogP contribution >= 0.6 is 11.6 Å². The number of piperidine rings is 1. The molecule has 1 aliphatic heterocycles. The molecular weight excluding hydrogens is 292 g/mol. The third kappa shape index (κ3) is 3.47. The van der Waals surface area contributed by atoms with Crippen molar-refractivity contribution in [1.29, 1.82) is 0 Å². The first-order chi connectivity index (χ1) is 9.93. The normalized spacial score (nSPS) is 21.9. The van der Waals surface area contributed by atoms with Crippen molar-refractivity contribution >= 4 is 23.6 Å². The first-order valence-electron chi connectivity index (χ1n) is 6.97. The summed E-state index contributed by atoms with van der Waals surface area (Å²) in [6.07, 6.45) is 2.13. The molecular formula is C15H19ClN2O3. The van der Waals surface area contributed by atoms with Crippen molar-refractivity contribution in [2.75, 3.05) is 6.54 Å². The molecule has 2 rings (SSSR count). The van der Waals surface area contributed by atoms with Crippen LogP contribution in [0.1, 0.15) is 31.7 Å². The molecule has 1 atom stereocenters. The highest BCUT2D eigenvalue weighted by atomic mass is 35.5. The first-order valence-corrected chi connectivity index (χ1v) is 7.34. The summed E-state index contributed by atoms with van der Waals surface area (Å²) in [5.41, 5.74) is -0.249. The van der Waals surface area contributed by atoms with Gasteiger partial charge < -0.3 is 15.3 Å². The second-order valence-electron chi connectivity index (χ2n) is 5.48. The molecule has 6 heteroatoms. The van der Waals surface area contributed by atoms with E-state index in [-0.39, 0.29) is 6.03 Å². The maximum Gasteiger partial charge on any atom is 0.329 e. The molecule has 21 heavy (non-hydrogen) atoms. The van der Waals surface area contributed by atoms with Crippen LogP contribution in [0.2, 0.25) is 5.02 Å². The number of benzene rings is 1. The van der Waals surface area contributed by atoms with Crippen LogP contribution in [-0.4, -0.2) is 34.1 Å². The maximum absolute atomic E-state index is 12.3. The molecule has 114 valence electrons. The number of carboxylic acid groups (broad SMARTS) is 1. The molecule has 1 saturated heterocycles. The van der Waals surface area contributed by atoms with E-state index < -0.39 is 11.5 Å². The summed E-state index contributed by atoms with van der Waals surface area (Å²) in [5.74, 6) is -0.958. The van der Waals surface area contributed by atoms with Crippen LogP contribution in [0, 0.1) is 0 Å². The van der Waals surface area contributed by atoms with Crippen molar-refractivity contribution in [3.63, 3.8) is 0 Å². The number of halogens is 1. The Bertz CT molecular complexity index is 549. The Hall–Kier alpha value is -1.75. The minimum absolute atomic E-state index is 0.325. The van der Waals surface area contributed by atoms with E-state index in [1.807, 2.05) is 12.1 Å². The van der Waals surface area contributed by atoms with Gasteiger partial charge >= 0.3 is 12.0 Å². The van der Waals surface area contributed by atoms with E-state index in [4.69, 9.17) is 11.6 Å². The lowest BCUT2D eigenvalue weighted by molar-refractivity contribution is -0.150. The minimum atomic E-state index is -1.13. The number of urea groups is 1. The summed E-state index contributed by atoms with van der Waals surface area (Å²) < 4.78 is 0. The Labute approximate surface area is 128 Å². The molecule has 1 aromatic carbocycles. The van der Waals surface area contributed by atoms with Gasteiger partial charge in [0.1, 0.15) is 5.54 Å². The number of nitrogens with one attached hydrogen (secondary N) is 1. The van der Waals surface area contributed by atoms with Gasteiger partial charge in [0.25, 0.3) is 0 Å². The molecule has 1 unspecified atom stereocenters. The summed E-state index contributed by atoms with van der Waals surface area (Å²) in [7, 11) is 0. The average molecular weight is 311 g/mol. The molecule has 1 aromatic rings. The smallest absolute Gasteiger partial charge is 0.329 e. The number of nitrogens with zero attached hydrogens (tertiary/aromatic N) is 1.